The van der Waals surface area contributed by atoms with Crippen LogP contribution in [0.1, 0.15) is 17.1 Å². The highest BCUT2D eigenvalue weighted by molar-refractivity contribution is 5.64. The van der Waals surface area contributed by atoms with Crippen molar-refractivity contribution in [3.05, 3.63) is 35.3 Å². The summed E-state index contributed by atoms with van der Waals surface area (Å²) >= 11 is 0. The molecule has 0 unspecified atom stereocenters. The highest BCUT2D eigenvalue weighted by Gasteiger charge is 2.10. The van der Waals surface area contributed by atoms with Crippen LogP contribution in [0.2, 0.25) is 0 Å². The summed E-state index contributed by atoms with van der Waals surface area (Å²) in [5.74, 6) is 1.86. The minimum absolute atomic E-state index is 0.746. The number of H-pyrrole nitrogens is 1. The molecule has 2 N–H and O–H groups in total. The Hall–Kier alpha value is -1.81. The third-order valence-electron chi connectivity index (χ3n) is 2.95. The Balaban J connectivity index is 2.39. The molecule has 1 aromatic heterocycles. The maximum absolute atomic E-state index is 5.27. The second kappa shape index (κ2) is 5.23. The van der Waals surface area contributed by atoms with Gasteiger partial charge in [0.2, 0.25) is 0 Å². The second-order valence-electron chi connectivity index (χ2n) is 4.37. The highest BCUT2D eigenvalue weighted by atomic mass is 16.5. The van der Waals surface area contributed by atoms with Crippen molar-refractivity contribution in [3.8, 4) is 17.0 Å². The summed E-state index contributed by atoms with van der Waals surface area (Å²) in [6, 6.07) is 6.12. The van der Waals surface area contributed by atoms with Crippen LogP contribution in [0.15, 0.2) is 18.2 Å². The first-order valence-corrected chi connectivity index (χ1v) is 6.00. The van der Waals surface area contributed by atoms with Crippen LogP contribution in [0, 0.1) is 13.8 Å². The van der Waals surface area contributed by atoms with Crippen molar-refractivity contribution >= 4 is 0 Å². The molecule has 1 heterocycles. The molecule has 18 heavy (non-hydrogen) atoms. The topological polar surface area (TPSA) is 49.9 Å². The number of rotatable bonds is 4. The van der Waals surface area contributed by atoms with Crippen LogP contribution in [-0.4, -0.2) is 24.1 Å². The number of imidazole rings is 1. The number of hydrogen-bond donors (Lipinski definition) is 2. The van der Waals surface area contributed by atoms with Gasteiger partial charge in [0.1, 0.15) is 11.6 Å². The van der Waals surface area contributed by atoms with E-state index in [0.717, 1.165) is 40.6 Å². The van der Waals surface area contributed by atoms with Crippen LogP contribution in [0.4, 0.5) is 0 Å². The van der Waals surface area contributed by atoms with Crippen LogP contribution in [0.3, 0.4) is 0 Å². The maximum atomic E-state index is 5.27. The van der Waals surface area contributed by atoms with E-state index in [9.17, 15) is 0 Å². The van der Waals surface area contributed by atoms with Gasteiger partial charge in [0.15, 0.2) is 0 Å². The largest absolute Gasteiger partial charge is 0.496 e. The summed E-state index contributed by atoms with van der Waals surface area (Å²) in [6.45, 7) is 4.83. The number of nitrogens with zero attached hydrogens (tertiary/aromatic N) is 1. The molecular formula is C14H19N3O. The number of hydrogen-bond acceptors (Lipinski definition) is 3. The minimum Gasteiger partial charge on any atom is -0.496 e. The summed E-state index contributed by atoms with van der Waals surface area (Å²) in [6.07, 6.45) is 0. The van der Waals surface area contributed by atoms with Crippen LogP contribution in [-0.2, 0) is 6.54 Å². The fourth-order valence-corrected chi connectivity index (χ4v) is 2.08. The molecule has 0 bridgehead atoms. The predicted molar refractivity (Wildman–Crippen MR) is 72.8 cm³/mol. The molecule has 0 aliphatic rings. The van der Waals surface area contributed by atoms with Crippen LogP contribution < -0.4 is 10.1 Å². The Morgan fingerprint density at radius 2 is 2.11 bits per heavy atom. The second-order valence-corrected chi connectivity index (χ2v) is 4.37. The van der Waals surface area contributed by atoms with Gasteiger partial charge in [-0.05, 0) is 44.7 Å². The Morgan fingerprint density at radius 1 is 1.33 bits per heavy atom. The molecule has 0 fully saturated rings. The number of methoxy groups -OCH3 is 1. The molecule has 0 saturated heterocycles. The Labute approximate surface area is 107 Å². The standard InChI is InChI=1S/C14H19N3O/c1-9-7-11(5-6-12(9)18-4)14-10(2)16-13(17-14)8-15-3/h5-7,15H,8H2,1-4H3,(H,16,17). The quantitative estimate of drug-likeness (QED) is 0.869. The van der Waals surface area contributed by atoms with Crippen molar-refractivity contribution in [1.82, 2.24) is 15.3 Å². The Kier molecular flexibility index (Phi) is 3.67. The molecule has 2 aromatic rings. The normalized spacial score (nSPS) is 10.7. The van der Waals surface area contributed by atoms with Crippen molar-refractivity contribution < 1.29 is 4.74 Å². The lowest BCUT2D eigenvalue weighted by Crippen LogP contribution is -2.06. The lowest BCUT2D eigenvalue weighted by Gasteiger charge is -2.06. The molecule has 0 atom stereocenters. The van der Waals surface area contributed by atoms with Crippen molar-refractivity contribution in [2.24, 2.45) is 0 Å². The first-order chi connectivity index (χ1) is 8.65. The molecule has 1 aromatic carbocycles. The summed E-state index contributed by atoms with van der Waals surface area (Å²) in [7, 11) is 3.60. The lowest BCUT2D eigenvalue weighted by atomic mass is 10.1. The molecule has 4 nitrogen and oxygen atoms in total. The number of nitrogens with one attached hydrogen (secondary N) is 2. The van der Waals surface area contributed by atoms with Gasteiger partial charge < -0.3 is 15.0 Å². The average Bonchev–Trinajstić information content (AvgIpc) is 2.71. The van der Waals surface area contributed by atoms with E-state index in [4.69, 9.17) is 4.74 Å². The smallest absolute Gasteiger partial charge is 0.121 e. The van der Waals surface area contributed by atoms with E-state index in [0.29, 0.717) is 0 Å². The van der Waals surface area contributed by atoms with Gasteiger partial charge in [-0.1, -0.05) is 0 Å². The first kappa shape index (κ1) is 12.6. The zero-order chi connectivity index (χ0) is 13.1. The third kappa shape index (κ3) is 2.38. The highest BCUT2D eigenvalue weighted by Crippen LogP contribution is 2.26. The summed E-state index contributed by atoms with van der Waals surface area (Å²) < 4.78 is 5.27. The molecule has 2 rings (SSSR count). The average molecular weight is 245 g/mol. The SMILES string of the molecule is CNCc1nc(-c2ccc(OC)c(C)c2)c(C)[nH]1. The van der Waals surface area contributed by atoms with Gasteiger partial charge in [0.05, 0.1) is 19.3 Å². The van der Waals surface area contributed by atoms with Crippen molar-refractivity contribution in [2.75, 3.05) is 14.2 Å². The number of benzene rings is 1. The molecule has 4 heteroatoms. The monoisotopic (exact) mass is 245 g/mol. The maximum Gasteiger partial charge on any atom is 0.121 e. The van der Waals surface area contributed by atoms with E-state index in [1.807, 2.05) is 33.0 Å². The molecule has 0 aliphatic carbocycles. The third-order valence-corrected chi connectivity index (χ3v) is 2.95. The molecular weight excluding hydrogens is 226 g/mol. The van der Waals surface area contributed by atoms with Crippen molar-refractivity contribution in [2.45, 2.75) is 20.4 Å². The Bertz CT molecular complexity index is 546. The van der Waals surface area contributed by atoms with Gasteiger partial charge in [0, 0.05) is 11.3 Å². The van der Waals surface area contributed by atoms with Gasteiger partial charge in [-0.3, -0.25) is 0 Å². The first-order valence-electron chi connectivity index (χ1n) is 6.00. The molecule has 0 radical (unpaired) electrons. The van der Waals surface area contributed by atoms with Crippen LogP contribution >= 0.6 is 0 Å². The van der Waals surface area contributed by atoms with Crippen molar-refractivity contribution in [1.29, 1.82) is 0 Å². The van der Waals surface area contributed by atoms with E-state index in [2.05, 4.69) is 21.4 Å². The molecule has 0 amide bonds. The van der Waals surface area contributed by atoms with E-state index < -0.39 is 0 Å². The van der Waals surface area contributed by atoms with Gasteiger partial charge in [-0.15, -0.1) is 0 Å². The number of aryl methyl sites for hydroxylation is 2. The molecule has 0 spiro atoms. The van der Waals surface area contributed by atoms with Gasteiger partial charge >= 0.3 is 0 Å². The van der Waals surface area contributed by atoms with Crippen LogP contribution in [0.25, 0.3) is 11.3 Å². The number of aromatic nitrogens is 2. The summed E-state index contributed by atoms with van der Waals surface area (Å²) in [5.41, 5.74) is 4.33. The van der Waals surface area contributed by atoms with E-state index in [1.165, 1.54) is 0 Å². The van der Waals surface area contributed by atoms with Crippen LogP contribution in [0.5, 0.6) is 5.75 Å². The summed E-state index contributed by atoms with van der Waals surface area (Å²) in [4.78, 5) is 7.89. The van der Waals surface area contributed by atoms with E-state index >= 15 is 0 Å². The summed E-state index contributed by atoms with van der Waals surface area (Å²) in [5, 5.41) is 3.09. The van der Waals surface area contributed by atoms with Gasteiger partial charge in [-0.25, -0.2) is 4.98 Å². The van der Waals surface area contributed by atoms with Crippen molar-refractivity contribution in [3.63, 3.8) is 0 Å². The zero-order valence-corrected chi connectivity index (χ0v) is 11.3. The number of ether oxygens (including phenoxy) is 1. The lowest BCUT2D eigenvalue weighted by molar-refractivity contribution is 0.412. The molecule has 0 saturated carbocycles. The minimum atomic E-state index is 0.746. The fourth-order valence-electron chi connectivity index (χ4n) is 2.08. The van der Waals surface area contributed by atoms with E-state index in [1.54, 1.807) is 7.11 Å². The number of aromatic amines is 1. The predicted octanol–water partition coefficient (Wildman–Crippen LogP) is 2.42. The van der Waals surface area contributed by atoms with Gasteiger partial charge in [0.25, 0.3) is 0 Å². The molecule has 96 valence electrons. The van der Waals surface area contributed by atoms with Gasteiger partial charge in [-0.2, -0.15) is 0 Å². The van der Waals surface area contributed by atoms with E-state index in [-0.39, 0.29) is 0 Å². The molecule has 0 aliphatic heterocycles. The fraction of sp³-hybridized carbons (Fsp3) is 0.357. The Morgan fingerprint density at radius 3 is 2.72 bits per heavy atom. The zero-order valence-electron chi connectivity index (χ0n) is 11.3.